The van der Waals surface area contributed by atoms with E-state index in [4.69, 9.17) is 14.7 Å². The van der Waals surface area contributed by atoms with Crippen LogP contribution in [-0.2, 0) is 37.3 Å². The zero-order chi connectivity index (χ0) is 38.7. The number of benzene rings is 3. The molecule has 5 aromatic rings. The fourth-order valence-electron chi connectivity index (χ4n) is 9.25. The predicted molar refractivity (Wildman–Crippen MR) is 225 cm³/mol. The first-order valence-electron chi connectivity index (χ1n) is 20.4. The molecule has 1 aliphatic carbocycles. The summed E-state index contributed by atoms with van der Waals surface area (Å²) in [6.07, 6.45) is 8.32. The molecule has 0 radical (unpaired) electrons. The van der Waals surface area contributed by atoms with Gasteiger partial charge in [-0.25, -0.2) is 4.98 Å². The molecule has 5 nitrogen and oxygen atoms in total. The minimum absolute atomic E-state index is 0. The fourth-order valence-corrected chi connectivity index (χ4v) is 9.25. The molecular formula is C49H60N4OPt. The summed E-state index contributed by atoms with van der Waals surface area (Å²) in [5.74, 6) is 3.50. The van der Waals surface area contributed by atoms with Crippen LogP contribution in [0.5, 0.6) is 11.5 Å². The molecule has 2 aromatic heterocycles. The molecule has 0 spiro atoms. The molecule has 55 heavy (non-hydrogen) atoms. The zero-order valence-corrected chi connectivity index (χ0v) is 37.7. The standard InChI is InChI=1S/C49H60N4O.Pt/c1-29-19-20-50-45-42(29)49(12,13)38-26-33(47(6,7)8)25-37-36-21-30(2)40(27-39(36)53(45)43(37)38)54-35-23-31(22-32(24-35)46(3,4)5)44-51-41(48(9,10)11)28-52(44)34-17-15-14-16-18-34;/h19-22,24-26,34,41H,14-18,28H2,1-13H3;/q-2;+2/t41-;/m0./s1. The molecule has 0 saturated heterocycles. The third kappa shape index (κ3) is 6.79. The number of aryl methyl sites for hydroxylation is 2. The summed E-state index contributed by atoms with van der Waals surface area (Å²) in [6, 6.07) is 22.1. The van der Waals surface area contributed by atoms with Gasteiger partial charge in [0.2, 0.25) is 0 Å². The van der Waals surface area contributed by atoms with E-state index in [1.165, 1.54) is 76.2 Å². The number of pyridine rings is 1. The van der Waals surface area contributed by atoms with Crippen LogP contribution in [0.2, 0.25) is 0 Å². The maximum atomic E-state index is 6.98. The van der Waals surface area contributed by atoms with Crippen molar-refractivity contribution in [2.24, 2.45) is 10.4 Å². The number of aromatic nitrogens is 2. The molecule has 1 fully saturated rings. The maximum Gasteiger partial charge on any atom is 2.00 e. The van der Waals surface area contributed by atoms with Crippen molar-refractivity contribution in [1.82, 2.24) is 14.5 Å². The van der Waals surface area contributed by atoms with E-state index in [9.17, 15) is 0 Å². The summed E-state index contributed by atoms with van der Waals surface area (Å²) in [6.45, 7) is 30.8. The van der Waals surface area contributed by atoms with Gasteiger partial charge < -0.3 is 19.2 Å². The molecule has 3 aliphatic rings. The number of aliphatic imine (C=N–C) groups is 1. The Labute approximate surface area is 344 Å². The third-order valence-corrected chi connectivity index (χ3v) is 12.7. The first kappa shape index (κ1) is 39.8. The molecule has 292 valence electrons. The number of rotatable bonds is 4. The Morgan fingerprint density at radius 1 is 0.800 bits per heavy atom. The van der Waals surface area contributed by atoms with Crippen molar-refractivity contribution < 1.29 is 25.8 Å². The van der Waals surface area contributed by atoms with Gasteiger partial charge in [0.05, 0.1) is 6.04 Å². The second-order valence-corrected chi connectivity index (χ2v) is 20.3. The van der Waals surface area contributed by atoms with E-state index in [1.54, 1.807) is 0 Å². The van der Waals surface area contributed by atoms with Gasteiger partial charge in [0.1, 0.15) is 5.82 Å². The Bertz CT molecular complexity index is 2340. The summed E-state index contributed by atoms with van der Waals surface area (Å²) >= 11 is 0. The van der Waals surface area contributed by atoms with Crippen molar-refractivity contribution in [1.29, 1.82) is 0 Å². The molecule has 0 amide bonds. The second-order valence-electron chi connectivity index (χ2n) is 20.3. The summed E-state index contributed by atoms with van der Waals surface area (Å²) in [5, 5.41) is 2.43. The summed E-state index contributed by atoms with van der Waals surface area (Å²) in [4.78, 5) is 13.2. The van der Waals surface area contributed by atoms with E-state index in [0.717, 1.165) is 40.6 Å². The number of hydrogen-bond donors (Lipinski definition) is 0. The molecule has 4 heterocycles. The number of nitrogens with zero attached hydrogens (tertiary/aromatic N) is 4. The van der Waals surface area contributed by atoms with E-state index < -0.39 is 0 Å². The molecule has 1 atom stereocenters. The first-order chi connectivity index (χ1) is 25.2. The van der Waals surface area contributed by atoms with Gasteiger partial charge in [0.15, 0.2) is 0 Å². The van der Waals surface area contributed by atoms with Gasteiger partial charge in [-0.2, -0.15) is 6.07 Å². The molecule has 1 saturated carbocycles. The quantitative estimate of drug-likeness (QED) is 0.169. The van der Waals surface area contributed by atoms with Crippen molar-refractivity contribution in [2.45, 2.75) is 150 Å². The van der Waals surface area contributed by atoms with Crippen molar-refractivity contribution >= 4 is 27.6 Å². The minimum atomic E-state index is -0.217. The Kier molecular flexibility index (Phi) is 9.84. The third-order valence-electron chi connectivity index (χ3n) is 12.7. The Hall–Kier alpha value is -3.43. The van der Waals surface area contributed by atoms with Crippen LogP contribution in [0.1, 0.15) is 147 Å². The van der Waals surface area contributed by atoms with E-state index in [0.29, 0.717) is 11.8 Å². The van der Waals surface area contributed by atoms with Crippen LogP contribution in [-0.4, -0.2) is 38.9 Å². The smallest absolute Gasteiger partial charge is 0.503 e. The number of fused-ring (bicyclic) bond motifs is 5. The van der Waals surface area contributed by atoms with Crippen LogP contribution >= 0.6 is 0 Å². The summed E-state index contributed by atoms with van der Waals surface area (Å²) < 4.78 is 9.34. The average Bonchev–Trinajstić information content (AvgIpc) is 3.68. The van der Waals surface area contributed by atoms with E-state index >= 15 is 0 Å². The van der Waals surface area contributed by atoms with E-state index in [1.807, 2.05) is 6.20 Å². The zero-order valence-electron chi connectivity index (χ0n) is 35.5. The van der Waals surface area contributed by atoms with Crippen LogP contribution in [0.4, 0.5) is 0 Å². The van der Waals surface area contributed by atoms with Gasteiger partial charge in [-0.1, -0.05) is 132 Å². The Balaban J connectivity index is 0.00000465. The number of amidine groups is 1. The van der Waals surface area contributed by atoms with Gasteiger partial charge in [-0.15, -0.1) is 34.2 Å². The molecular weight excluding hydrogens is 856 g/mol. The molecule has 2 aliphatic heterocycles. The topological polar surface area (TPSA) is 42.6 Å². The maximum absolute atomic E-state index is 6.98. The van der Waals surface area contributed by atoms with Gasteiger partial charge >= 0.3 is 21.1 Å². The van der Waals surface area contributed by atoms with Gasteiger partial charge in [-0.05, 0) is 64.2 Å². The average molecular weight is 916 g/mol. The van der Waals surface area contributed by atoms with Crippen molar-refractivity contribution in [3.05, 3.63) is 93.7 Å². The first-order valence-corrected chi connectivity index (χ1v) is 20.4. The van der Waals surface area contributed by atoms with Crippen molar-refractivity contribution in [3.63, 3.8) is 0 Å². The van der Waals surface area contributed by atoms with Crippen LogP contribution in [0, 0.1) is 31.4 Å². The Morgan fingerprint density at radius 3 is 2.13 bits per heavy atom. The molecule has 0 N–H and O–H groups in total. The van der Waals surface area contributed by atoms with Crippen LogP contribution in [0.15, 0.2) is 47.6 Å². The molecule has 0 unspecified atom stereocenters. The summed E-state index contributed by atoms with van der Waals surface area (Å²) in [5.41, 5.74) is 10.5. The molecule has 0 bridgehead atoms. The van der Waals surface area contributed by atoms with Gasteiger partial charge in [0.25, 0.3) is 0 Å². The molecule has 6 heteroatoms. The Morgan fingerprint density at radius 2 is 1.47 bits per heavy atom. The second kappa shape index (κ2) is 13.6. The van der Waals surface area contributed by atoms with E-state index in [-0.39, 0.29) is 48.8 Å². The normalized spacial score (nSPS) is 18.7. The van der Waals surface area contributed by atoms with Crippen LogP contribution < -0.4 is 4.74 Å². The van der Waals surface area contributed by atoms with Crippen LogP contribution in [0.25, 0.3) is 27.6 Å². The fraction of sp³-hybridized carbons (Fsp3) is 0.510. The van der Waals surface area contributed by atoms with Gasteiger partial charge in [0, 0.05) is 52.6 Å². The SMILES string of the molecule is Cc1cc2c3cc(C(C)(C)C)cc4c3n(c2[c-]c1Oc1[c-]c(C2=N[C@H](C(C)(C)C)CN2C2CCCCC2)cc(C(C)(C)C)c1)-c1nccc(C)c1C4(C)C.[Pt+2]. The number of hydrogen-bond acceptors (Lipinski definition) is 4. The minimum Gasteiger partial charge on any atom is -0.503 e. The van der Waals surface area contributed by atoms with Crippen LogP contribution in [0.3, 0.4) is 0 Å². The summed E-state index contributed by atoms with van der Waals surface area (Å²) in [7, 11) is 0. The monoisotopic (exact) mass is 915 g/mol. The largest absolute Gasteiger partial charge is 2.00 e. The molecule has 3 aromatic carbocycles. The van der Waals surface area contributed by atoms with Crippen molar-refractivity contribution in [3.8, 4) is 17.3 Å². The van der Waals surface area contributed by atoms with Gasteiger partial charge in [-0.3, -0.25) is 0 Å². The van der Waals surface area contributed by atoms with E-state index in [2.05, 4.69) is 148 Å². The molecule has 8 rings (SSSR count). The number of ether oxygens (including phenoxy) is 1. The predicted octanol–water partition coefficient (Wildman–Crippen LogP) is 12.2. The van der Waals surface area contributed by atoms with Crippen molar-refractivity contribution in [2.75, 3.05) is 6.54 Å².